The average Bonchev–Trinajstić information content (AvgIpc) is 2.76. The number of nitrogens with one attached hydrogen (secondary N) is 2. The Hall–Kier alpha value is -1.73. The van der Waals surface area contributed by atoms with E-state index < -0.39 is 5.95 Å². The van der Waals surface area contributed by atoms with E-state index in [0.717, 1.165) is 39.1 Å². The first-order valence-corrected chi connectivity index (χ1v) is 10.9. The minimum atomic E-state index is -0.574. The summed E-state index contributed by atoms with van der Waals surface area (Å²) in [5, 5.41) is 6.00. The van der Waals surface area contributed by atoms with E-state index in [2.05, 4.69) is 48.3 Å². The molecule has 0 saturated carbocycles. The maximum atomic E-state index is 14.4. The summed E-state index contributed by atoms with van der Waals surface area (Å²) < 4.78 is 14.4. The summed E-state index contributed by atoms with van der Waals surface area (Å²) >= 11 is 0. The van der Waals surface area contributed by atoms with E-state index in [-0.39, 0.29) is 11.6 Å². The van der Waals surface area contributed by atoms with Crippen LogP contribution in [0.3, 0.4) is 0 Å². The number of rotatable bonds is 10. The van der Waals surface area contributed by atoms with Gasteiger partial charge in [0.1, 0.15) is 5.69 Å². The highest BCUT2D eigenvalue weighted by Gasteiger charge is 2.29. The van der Waals surface area contributed by atoms with Crippen molar-refractivity contribution in [3.8, 4) is 0 Å². The molecule has 1 amide bonds. The van der Waals surface area contributed by atoms with Gasteiger partial charge in [-0.1, -0.05) is 20.8 Å². The van der Waals surface area contributed by atoms with Gasteiger partial charge in [-0.2, -0.15) is 4.39 Å². The van der Waals surface area contributed by atoms with Gasteiger partial charge in [0.05, 0.1) is 5.69 Å². The number of carbonyl (C=O) groups excluding carboxylic acids is 1. The summed E-state index contributed by atoms with van der Waals surface area (Å²) in [5.74, 6) is -0.947. The highest BCUT2D eigenvalue weighted by atomic mass is 19.1. The summed E-state index contributed by atoms with van der Waals surface area (Å²) in [7, 11) is 3.59. The number of aromatic nitrogens is 1. The number of hydrogen-bond acceptors (Lipinski definition) is 5. The lowest BCUT2D eigenvalue weighted by Crippen LogP contribution is -2.47. The topological polar surface area (TPSA) is 60.5 Å². The van der Waals surface area contributed by atoms with Gasteiger partial charge in [-0.25, -0.2) is 4.98 Å². The maximum absolute atomic E-state index is 14.4. The first kappa shape index (κ1) is 23.5. The van der Waals surface area contributed by atoms with Crippen molar-refractivity contribution in [1.82, 2.24) is 20.5 Å². The molecule has 1 aliphatic rings. The number of pyridine rings is 1. The van der Waals surface area contributed by atoms with Crippen molar-refractivity contribution in [2.75, 3.05) is 51.7 Å². The molecule has 7 heteroatoms. The van der Waals surface area contributed by atoms with Crippen LogP contribution in [-0.2, 0) is 0 Å². The number of amides is 1. The molecule has 0 aromatic carbocycles. The van der Waals surface area contributed by atoms with Gasteiger partial charge in [-0.15, -0.1) is 0 Å². The van der Waals surface area contributed by atoms with Crippen LogP contribution in [0.4, 0.5) is 10.1 Å². The molecule has 0 spiro atoms. The van der Waals surface area contributed by atoms with Crippen molar-refractivity contribution >= 4 is 11.6 Å². The van der Waals surface area contributed by atoms with Crippen molar-refractivity contribution in [3.63, 3.8) is 0 Å². The molecular weight excluding hydrogens is 369 g/mol. The zero-order valence-electron chi connectivity index (χ0n) is 18.7. The number of nitrogens with zero attached hydrogens (tertiary/aromatic N) is 3. The number of hydrogen-bond donors (Lipinski definition) is 2. The van der Waals surface area contributed by atoms with Gasteiger partial charge >= 0.3 is 0 Å². The SMILES string of the molecule is CCC(C)(CC)C(CCCN1CCN(c2ccc(C(=O)NC)nc2F)CC1)NC. The lowest BCUT2D eigenvalue weighted by molar-refractivity contribution is 0.0957. The van der Waals surface area contributed by atoms with Gasteiger partial charge in [-0.3, -0.25) is 9.69 Å². The predicted molar refractivity (Wildman–Crippen MR) is 117 cm³/mol. The smallest absolute Gasteiger partial charge is 0.269 e. The van der Waals surface area contributed by atoms with Gasteiger partial charge in [0.15, 0.2) is 0 Å². The van der Waals surface area contributed by atoms with Crippen LogP contribution in [0.1, 0.15) is 56.9 Å². The fourth-order valence-corrected chi connectivity index (χ4v) is 4.23. The van der Waals surface area contributed by atoms with E-state index in [4.69, 9.17) is 0 Å². The fourth-order valence-electron chi connectivity index (χ4n) is 4.23. The molecule has 1 aliphatic heterocycles. The Morgan fingerprint density at radius 1 is 1.21 bits per heavy atom. The molecule has 164 valence electrons. The van der Waals surface area contributed by atoms with Crippen LogP contribution in [0.25, 0.3) is 0 Å². The van der Waals surface area contributed by atoms with Crippen molar-refractivity contribution in [2.24, 2.45) is 5.41 Å². The number of piperazine rings is 1. The highest BCUT2D eigenvalue weighted by molar-refractivity contribution is 5.92. The van der Waals surface area contributed by atoms with E-state index in [1.54, 1.807) is 12.1 Å². The van der Waals surface area contributed by atoms with E-state index in [1.165, 1.54) is 26.3 Å². The Balaban J connectivity index is 1.83. The quantitative estimate of drug-likeness (QED) is 0.584. The van der Waals surface area contributed by atoms with Gasteiger partial charge in [-0.05, 0) is 56.8 Å². The molecule has 1 unspecified atom stereocenters. The lowest BCUT2D eigenvalue weighted by Gasteiger charge is -2.38. The van der Waals surface area contributed by atoms with E-state index in [0.29, 0.717) is 17.1 Å². The Bertz CT molecular complexity index is 657. The van der Waals surface area contributed by atoms with Crippen LogP contribution in [0, 0.1) is 11.4 Å². The zero-order chi connectivity index (χ0) is 21.4. The molecular formula is C22H38FN5O. The third-order valence-corrected chi connectivity index (χ3v) is 6.77. The summed E-state index contributed by atoms with van der Waals surface area (Å²) in [4.78, 5) is 19.9. The van der Waals surface area contributed by atoms with Crippen molar-refractivity contribution in [3.05, 3.63) is 23.8 Å². The van der Waals surface area contributed by atoms with Gasteiger partial charge in [0.2, 0.25) is 5.95 Å². The van der Waals surface area contributed by atoms with Gasteiger partial charge in [0, 0.05) is 39.3 Å². The summed E-state index contributed by atoms with van der Waals surface area (Å²) in [6.45, 7) is 11.4. The predicted octanol–water partition coefficient (Wildman–Crippen LogP) is 2.90. The van der Waals surface area contributed by atoms with E-state index >= 15 is 0 Å². The van der Waals surface area contributed by atoms with E-state index in [9.17, 15) is 9.18 Å². The van der Waals surface area contributed by atoms with Crippen LogP contribution in [0.2, 0.25) is 0 Å². The summed E-state index contributed by atoms with van der Waals surface area (Å²) in [6, 6.07) is 3.79. The number of halogens is 1. The Morgan fingerprint density at radius 3 is 2.38 bits per heavy atom. The molecule has 29 heavy (non-hydrogen) atoms. The molecule has 1 aromatic heterocycles. The van der Waals surface area contributed by atoms with Crippen LogP contribution in [0.5, 0.6) is 0 Å². The molecule has 2 N–H and O–H groups in total. The van der Waals surface area contributed by atoms with Crippen molar-refractivity contribution in [2.45, 2.75) is 52.5 Å². The molecule has 1 saturated heterocycles. The van der Waals surface area contributed by atoms with Gasteiger partial charge < -0.3 is 15.5 Å². The summed E-state index contributed by atoms with van der Waals surface area (Å²) in [6.07, 6.45) is 4.71. The molecule has 0 aliphatic carbocycles. The Morgan fingerprint density at radius 2 is 1.86 bits per heavy atom. The minimum Gasteiger partial charge on any atom is -0.365 e. The Labute approximate surface area is 175 Å². The second-order valence-electron chi connectivity index (χ2n) is 8.26. The number of carbonyl (C=O) groups is 1. The molecule has 2 heterocycles. The van der Waals surface area contributed by atoms with Crippen LogP contribution in [0.15, 0.2) is 12.1 Å². The van der Waals surface area contributed by atoms with E-state index in [1.807, 2.05) is 4.90 Å². The molecule has 2 rings (SSSR count). The van der Waals surface area contributed by atoms with Crippen molar-refractivity contribution < 1.29 is 9.18 Å². The summed E-state index contributed by atoms with van der Waals surface area (Å²) in [5.41, 5.74) is 0.936. The third-order valence-electron chi connectivity index (χ3n) is 6.77. The zero-order valence-corrected chi connectivity index (χ0v) is 18.7. The number of anilines is 1. The molecule has 0 bridgehead atoms. The standard InChI is InChI=1S/C22H38FN5O/c1-6-22(3,7-2)19(24-4)9-8-12-27-13-15-28(16-14-27)18-11-10-17(21(29)25-5)26-20(18)23/h10-11,19,24H,6-9,12-16H2,1-5H3,(H,25,29). The molecule has 1 fully saturated rings. The molecule has 0 radical (unpaired) electrons. The van der Waals surface area contributed by atoms with Crippen LogP contribution < -0.4 is 15.5 Å². The third kappa shape index (κ3) is 5.89. The first-order valence-electron chi connectivity index (χ1n) is 10.9. The largest absolute Gasteiger partial charge is 0.365 e. The monoisotopic (exact) mass is 407 g/mol. The van der Waals surface area contributed by atoms with Gasteiger partial charge in [0.25, 0.3) is 5.91 Å². The second kappa shape index (κ2) is 10.9. The normalized spacial score (nSPS) is 16.7. The lowest BCUT2D eigenvalue weighted by atomic mass is 9.75. The second-order valence-corrected chi connectivity index (χ2v) is 8.26. The van der Waals surface area contributed by atoms with Crippen LogP contribution in [-0.4, -0.2) is 68.7 Å². The Kier molecular flexibility index (Phi) is 8.83. The van der Waals surface area contributed by atoms with Crippen molar-refractivity contribution in [1.29, 1.82) is 0 Å². The molecule has 1 aromatic rings. The molecule has 6 nitrogen and oxygen atoms in total. The maximum Gasteiger partial charge on any atom is 0.269 e. The van der Waals surface area contributed by atoms with Crippen LogP contribution >= 0.6 is 0 Å². The fraction of sp³-hybridized carbons (Fsp3) is 0.727. The molecule has 1 atom stereocenters. The first-order chi connectivity index (χ1) is 13.9. The highest BCUT2D eigenvalue weighted by Crippen LogP contribution is 2.32. The minimum absolute atomic E-state index is 0.109. The average molecular weight is 408 g/mol.